The van der Waals surface area contributed by atoms with Crippen LogP contribution in [-0.4, -0.2) is 31.2 Å². The molecular weight excluding hydrogens is 396 g/mol. The number of carbonyl (C=O) groups excluding carboxylic acids is 1. The molecule has 0 saturated heterocycles. The summed E-state index contributed by atoms with van der Waals surface area (Å²) in [4.78, 5) is 18.6. The Morgan fingerprint density at radius 3 is 2.86 bits per heavy atom. The summed E-state index contributed by atoms with van der Waals surface area (Å²) in [6.45, 7) is 2.03. The first kappa shape index (κ1) is 18.3. The summed E-state index contributed by atoms with van der Waals surface area (Å²) in [6.07, 6.45) is 0. The van der Waals surface area contributed by atoms with Crippen molar-refractivity contribution in [1.82, 2.24) is 25.2 Å². The van der Waals surface area contributed by atoms with Crippen molar-refractivity contribution in [2.45, 2.75) is 20.1 Å². The molecule has 0 radical (unpaired) electrons. The highest BCUT2D eigenvalue weighted by molar-refractivity contribution is 7.14. The third-order valence-electron chi connectivity index (χ3n) is 3.70. The molecule has 0 fully saturated rings. The van der Waals surface area contributed by atoms with E-state index in [0.29, 0.717) is 11.5 Å². The van der Waals surface area contributed by atoms with E-state index in [1.807, 2.05) is 54.1 Å². The van der Waals surface area contributed by atoms with E-state index < -0.39 is 5.97 Å². The summed E-state index contributed by atoms with van der Waals surface area (Å²) in [6, 6.07) is 11.8. The van der Waals surface area contributed by atoms with Crippen molar-refractivity contribution in [3.8, 4) is 10.7 Å². The molecule has 0 spiro atoms. The number of carbonyl (C=O) groups is 1. The zero-order valence-electron chi connectivity index (χ0n) is 14.9. The maximum atomic E-state index is 12.0. The molecular formula is C18H16N6O2S2. The second-order valence-electron chi connectivity index (χ2n) is 5.92. The third-order valence-corrected chi connectivity index (χ3v) is 5.37. The lowest BCUT2D eigenvalue weighted by Crippen LogP contribution is -2.15. The van der Waals surface area contributed by atoms with Crippen LogP contribution in [0.1, 0.15) is 11.3 Å². The normalized spacial score (nSPS) is 10.8. The van der Waals surface area contributed by atoms with Gasteiger partial charge in [-0.25, -0.2) is 9.78 Å². The predicted octanol–water partition coefficient (Wildman–Crippen LogP) is 3.65. The lowest BCUT2D eigenvalue weighted by Gasteiger charge is -2.03. The van der Waals surface area contributed by atoms with Crippen molar-refractivity contribution in [3.63, 3.8) is 0 Å². The molecule has 0 aliphatic heterocycles. The van der Waals surface area contributed by atoms with Gasteiger partial charge in [-0.1, -0.05) is 23.8 Å². The highest BCUT2D eigenvalue weighted by Gasteiger charge is 2.12. The number of hydrogen-bond acceptors (Lipinski definition) is 9. The number of anilines is 2. The number of nitrogens with one attached hydrogen (secondary N) is 1. The highest BCUT2D eigenvalue weighted by atomic mass is 32.1. The monoisotopic (exact) mass is 412 g/mol. The Balaban J connectivity index is 1.28. The minimum Gasteiger partial charge on any atom is -0.458 e. The number of hydrogen-bond donors (Lipinski definition) is 1. The van der Waals surface area contributed by atoms with Crippen LogP contribution in [0.3, 0.4) is 0 Å². The van der Waals surface area contributed by atoms with E-state index in [4.69, 9.17) is 4.74 Å². The molecule has 8 nitrogen and oxygen atoms in total. The van der Waals surface area contributed by atoms with E-state index in [9.17, 15) is 4.79 Å². The van der Waals surface area contributed by atoms with Gasteiger partial charge in [0, 0.05) is 11.1 Å². The Morgan fingerprint density at radius 2 is 2.07 bits per heavy atom. The summed E-state index contributed by atoms with van der Waals surface area (Å²) in [5, 5.41) is 19.8. The first-order chi connectivity index (χ1) is 13.7. The van der Waals surface area contributed by atoms with Crippen LogP contribution in [0.25, 0.3) is 10.7 Å². The van der Waals surface area contributed by atoms with Crippen molar-refractivity contribution in [3.05, 3.63) is 58.4 Å². The van der Waals surface area contributed by atoms with Crippen molar-refractivity contribution in [2.24, 2.45) is 0 Å². The molecule has 0 amide bonds. The van der Waals surface area contributed by atoms with E-state index in [2.05, 4.69) is 25.7 Å². The third kappa shape index (κ3) is 4.59. The van der Waals surface area contributed by atoms with Gasteiger partial charge in [0.25, 0.3) is 0 Å². The van der Waals surface area contributed by atoms with Gasteiger partial charge in [-0.2, -0.15) is 4.80 Å². The number of aromatic nitrogens is 5. The Labute approximate surface area is 168 Å². The fraction of sp³-hybridized carbons (Fsp3) is 0.167. The van der Waals surface area contributed by atoms with Gasteiger partial charge in [0.2, 0.25) is 5.82 Å². The van der Waals surface area contributed by atoms with Crippen LogP contribution in [0.2, 0.25) is 0 Å². The number of benzene rings is 1. The fourth-order valence-corrected chi connectivity index (χ4v) is 3.68. The summed E-state index contributed by atoms with van der Waals surface area (Å²) >= 11 is 2.97. The lowest BCUT2D eigenvalue weighted by atomic mass is 10.2. The highest BCUT2D eigenvalue weighted by Crippen LogP contribution is 2.22. The number of thiophene rings is 1. The molecule has 10 heteroatoms. The van der Waals surface area contributed by atoms with E-state index in [-0.39, 0.29) is 13.2 Å². The number of esters is 1. The summed E-state index contributed by atoms with van der Waals surface area (Å²) in [5.41, 5.74) is 2.84. The molecule has 4 aromatic rings. The van der Waals surface area contributed by atoms with Crippen molar-refractivity contribution >= 4 is 39.5 Å². The van der Waals surface area contributed by atoms with Gasteiger partial charge in [0.05, 0.1) is 10.6 Å². The van der Waals surface area contributed by atoms with Crippen molar-refractivity contribution < 1.29 is 9.53 Å². The molecule has 142 valence electrons. The van der Waals surface area contributed by atoms with Gasteiger partial charge in [0.1, 0.15) is 6.61 Å². The molecule has 0 saturated carbocycles. The molecule has 0 bridgehead atoms. The van der Waals surface area contributed by atoms with Crippen LogP contribution in [0.5, 0.6) is 0 Å². The van der Waals surface area contributed by atoms with Gasteiger partial charge in [-0.05, 0) is 35.7 Å². The van der Waals surface area contributed by atoms with E-state index >= 15 is 0 Å². The Kier molecular flexibility index (Phi) is 5.40. The molecule has 1 N–H and O–H groups in total. The Hall–Kier alpha value is -3.11. The summed E-state index contributed by atoms with van der Waals surface area (Å²) in [5.74, 6) is 0.0466. The van der Waals surface area contributed by atoms with E-state index in [1.54, 1.807) is 0 Å². The number of tetrazole rings is 1. The van der Waals surface area contributed by atoms with Crippen LogP contribution in [0.15, 0.2) is 47.2 Å². The number of ether oxygens (including phenoxy) is 1. The lowest BCUT2D eigenvalue weighted by molar-refractivity contribution is -0.146. The molecule has 4 rings (SSSR count). The van der Waals surface area contributed by atoms with E-state index in [0.717, 1.165) is 15.7 Å². The summed E-state index contributed by atoms with van der Waals surface area (Å²) in [7, 11) is 0. The number of nitrogens with zero attached hydrogens (tertiary/aromatic N) is 5. The summed E-state index contributed by atoms with van der Waals surface area (Å²) < 4.78 is 5.26. The van der Waals surface area contributed by atoms with Crippen LogP contribution < -0.4 is 5.32 Å². The molecule has 3 aromatic heterocycles. The maximum Gasteiger partial charge on any atom is 0.330 e. The maximum absolute atomic E-state index is 12.0. The molecule has 28 heavy (non-hydrogen) atoms. The number of thiazole rings is 1. The second-order valence-corrected chi connectivity index (χ2v) is 7.72. The molecule has 0 unspecified atom stereocenters. The van der Waals surface area contributed by atoms with Gasteiger partial charge in [0.15, 0.2) is 11.7 Å². The molecule has 0 aliphatic rings. The molecule has 0 atom stereocenters. The van der Waals surface area contributed by atoms with Crippen molar-refractivity contribution in [1.29, 1.82) is 0 Å². The van der Waals surface area contributed by atoms with Gasteiger partial charge in [-0.3, -0.25) is 0 Å². The Bertz CT molecular complexity index is 1060. The minimum absolute atomic E-state index is 0.0946. The van der Waals surface area contributed by atoms with E-state index in [1.165, 1.54) is 33.0 Å². The smallest absolute Gasteiger partial charge is 0.330 e. The fourth-order valence-electron chi connectivity index (χ4n) is 2.32. The predicted molar refractivity (Wildman–Crippen MR) is 108 cm³/mol. The largest absolute Gasteiger partial charge is 0.458 e. The average Bonchev–Trinajstić information content (AvgIpc) is 3.43. The SMILES string of the molecule is Cc1ccc(Nc2nc(COC(=O)Cn3nnc(-c4cccs4)n3)cs2)cc1. The van der Waals surface area contributed by atoms with Crippen LogP contribution in [0, 0.1) is 6.92 Å². The van der Waals surface area contributed by atoms with Gasteiger partial charge >= 0.3 is 5.97 Å². The van der Waals surface area contributed by atoms with Crippen LogP contribution in [0.4, 0.5) is 10.8 Å². The molecule has 1 aromatic carbocycles. The quantitative estimate of drug-likeness (QED) is 0.463. The first-order valence-electron chi connectivity index (χ1n) is 8.41. The Morgan fingerprint density at radius 1 is 1.21 bits per heavy atom. The van der Waals surface area contributed by atoms with Crippen LogP contribution >= 0.6 is 22.7 Å². The molecule has 3 heterocycles. The topological polar surface area (TPSA) is 94.8 Å². The number of rotatable bonds is 7. The molecule has 0 aliphatic carbocycles. The van der Waals surface area contributed by atoms with Crippen LogP contribution in [-0.2, 0) is 22.7 Å². The average molecular weight is 413 g/mol. The van der Waals surface area contributed by atoms with Gasteiger partial charge in [-0.15, -0.1) is 32.9 Å². The minimum atomic E-state index is -0.448. The zero-order chi connectivity index (χ0) is 19.3. The second kappa shape index (κ2) is 8.28. The van der Waals surface area contributed by atoms with Crippen molar-refractivity contribution in [2.75, 3.05) is 5.32 Å². The first-order valence-corrected chi connectivity index (χ1v) is 10.2. The zero-order valence-corrected chi connectivity index (χ0v) is 16.5. The standard InChI is InChI=1S/C18H16N6O2S2/c1-12-4-6-13(7-5-12)19-18-20-14(11-28-18)10-26-16(25)9-24-22-17(21-23-24)15-3-2-8-27-15/h2-8,11H,9-10H2,1H3,(H,19,20). The number of aryl methyl sites for hydroxylation is 1. The van der Waals surface area contributed by atoms with Gasteiger partial charge < -0.3 is 10.1 Å².